The van der Waals surface area contributed by atoms with E-state index in [1.165, 1.54) is 23.9 Å². The van der Waals surface area contributed by atoms with Gasteiger partial charge in [-0.15, -0.1) is 0 Å². The number of rotatable bonds is 5. The Hall–Kier alpha value is -4.72. The van der Waals surface area contributed by atoms with Crippen LogP contribution in [0.1, 0.15) is 28.3 Å². The van der Waals surface area contributed by atoms with Crippen molar-refractivity contribution >= 4 is 11.0 Å². The number of methoxy groups -OCH3 is 1. The molecule has 1 atom stereocenters. The molecule has 2 heterocycles. The minimum Gasteiger partial charge on any atom is -0.507 e. The summed E-state index contributed by atoms with van der Waals surface area (Å²) < 4.78 is 12.2. The van der Waals surface area contributed by atoms with E-state index in [0.717, 1.165) is 0 Å². The Morgan fingerprint density at radius 2 is 1.66 bits per heavy atom. The third-order valence-corrected chi connectivity index (χ3v) is 6.07. The number of aromatic nitrogens is 2. The smallest absolute Gasteiger partial charge is 0.344 e. The normalized spacial score (nSPS) is 12.1. The van der Waals surface area contributed by atoms with Crippen molar-refractivity contribution in [3.63, 3.8) is 0 Å². The minimum absolute atomic E-state index is 0.0872. The fourth-order valence-corrected chi connectivity index (χ4v) is 4.41. The van der Waals surface area contributed by atoms with Crippen molar-refractivity contribution in [3.8, 4) is 22.9 Å². The van der Waals surface area contributed by atoms with Gasteiger partial charge in [0.2, 0.25) is 0 Å². The lowest BCUT2D eigenvalue weighted by Crippen LogP contribution is -2.23. The first-order valence-electron chi connectivity index (χ1n) is 10.9. The van der Waals surface area contributed by atoms with Gasteiger partial charge in [-0.25, -0.2) is 9.48 Å². The Morgan fingerprint density at radius 3 is 2.40 bits per heavy atom. The van der Waals surface area contributed by atoms with Gasteiger partial charge in [0.1, 0.15) is 11.3 Å². The Labute approximate surface area is 199 Å². The molecular formula is C27H22N2O6. The summed E-state index contributed by atoms with van der Waals surface area (Å²) in [4.78, 5) is 27.0. The van der Waals surface area contributed by atoms with Crippen LogP contribution in [-0.4, -0.2) is 27.1 Å². The number of aromatic hydroxyl groups is 2. The minimum atomic E-state index is -1.01. The number of phenolic OH excluding ortho intramolecular Hbond substituents is 1. The molecule has 3 aromatic carbocycles. The van der Waals surface area contributed by atoms with E-state index in [1.807, 2.05) is 18.2 Å². The molecule has 0 fully saturated rings. The Morgan fingerprint density at radius 1 is 0.943 bits per heavy atom. The quantitative estimate of drug-likeness (QED) is 0.332. The van der Waals surface area contributed by atoms with Crippen molar-refractivity contribution in [1.82, 2.24) is 9.78 Å². The maximum atomic E-state index is 13.7. The molecule has 0 saturated carbocycles. The Bertz CT molecular complexity index is 1660. The van der Waals surface area contributed by atoms with Crippen LogP contribution in [0.15, 0.2) is 86.8 Å². The number of benzene rings is 3. The maximum absolute atomic E-state index is 13.7. The molecule has 5 aromatic rings. The number of aromatic amines is 1. The number of hydrogen-bond acceptors (Lipinski definition) is 6. The topological polar surface area (TPSA) is 118 Å². The van der Waals surface area contributed by atoms with Gasteiger partial charge in [-0.3, -0.25) is 9.89 Å². The third-order valence-electron chi connectivity index (χ3n) is 6.07. The van der Waals surface area contributed by atoms with Gasteiger partial charge in [0, 0.05) is 5.69 Å². The van der Waals surface area contributed by atoms with Crippen molar-refractivity contribution < 1.29 is 19.4 Å². The molecule has 2 aromatic heterocycles. The molecule has 0 spiro atoms. The number of para-hydroxylation sites is 2. The highest BCUT2D eigenvalue weighted by Gasteiger charge is 2.32. The molecular weight excluding hydrogens is 448 g/mol. The zero-order valence-electron chi connectivity index (χ0n) is 19.0. The van der Waals surface area contributed by atoms with Gasteiger partial charge in [-0.1, -0.05) is 36.4 Å². The number of phenols is 1. The van der Waals surface area contributed by atoms with E-state index in [2.05, 4.69) is 5.10 Å². The average molecular weight is 470 g/mol. The lowest BCUT2D eigenvalue weighted by molar-refractivity contribution is 0.373. The first-order chi connectivity index (χ1) is 16.9. The van der Waals surface area contributed by atoms with Crippen LogP contribution in [0.5, 0.6) is 17.2 Å². The molecule has 1 unspecified atom stereocenters. The molecule has 0 amide bonds. The summed E-state index contributed by atoms with van der Waals surface area (Å²) in [5.74, 6) is -1.23. The molecule has 0 aliphatic carbocycles. The van der Waals surface area contributed by atoms with Crippen molar-refractivity contribution in [3.05, 3.63) is 116 Å². The van der Waals surface area contributed by atoms with Crippen LogP contribution in [-0.2, 0) is 0 Å². The van der Waals surface area contributed by atoms with Crippen molar-refractivity contribution in [2.75, 3.05) is 7.11 Å². The van der Waals surface area contributed by atoms with Gasteiger partial charge in [-0.05, 0) is 48.9 Å². The van der Waals surface area contributed by atoms with E-state index in [-0.39, 0.29) is 34.0 Å². The first kappa shape index (κ1) is 22.1. The van der Waals surface area contributed by atoms with Crippen molar-refractivity contribution in [1.29, 1.82) is 0 Å². The van der Waals surface area contributed by atoms with Gasteiger partial charge in [0.25, 0.3) is 5.56 Å². The Balaban J connectivity index is 1.85. The summed E-state index contributed by atoms with van der Waals surface area (Å²) in [6.07, 6.45) is 0. The Kier molecular flexibility index (Phi) is 5.41. The van der Waals surface area contributed by atoms with Gasteiger partial charge in [0.05, 0.1) is 35.2 Å². The molecule has 5 rings (SSSR count). The van der Waals surface area contributed by atoms with Crippen LogP contribution >= 0.6 is 0 Å². The van der Waals surface area contributed by atoms with Gasteiger partial charge >= 0.3 is 5.63 Å². The van der Waals surface area contributed by atoms with Crippen molar-refractivity contribution in [2.45, 2.75) is 12.8 Å². The predicted molar refractivity (Wildman–Crippen MR) is 131 cm³/mol. The summed E-state index contributed by atoms with van der Waals surface area (Å²) in [6.45, 7) is 1.72. The van der Waals surface area contributed by atoms with Gasteiger partial charge < -0.3 is 19.4 Å². The molecule has 8 nitrogen and oxygen atoms in total. The van der Waals surface area contributed by atoms with Crippen LogP contribution in [0.3, 0.4) is 0 Å². The second kappa shape index (κ2) is 8.57. The van der Waals surface area contributed by atoms with E-state index in [1.54, 1.807) is 49.4 Å². The number of H-pyrrole nitrogens is 1. The molecule has 176 valence electrons. The number of ether oxygens (including phenoxy) is 1. The highest BCUT2D eigenvalue weighted by Crippen LogP contribution is 2.40. The monoisotopic (exact) mass is 470 g/mol. The lowest BCUT2D eigenvalue weighted by Gasteiger charge is -2.19. The van der Waals surface area contributed by atoms with E-state index in [4.69, 9.17) is 9.15 Å². The molecule has 0 aliphatic rings. The molecule has 0 saturated heterocycles. The van der Waals surface area contributed by atoms with Gasteiger partial charge in [-0.2, -0.15) is 0 Å². The summed E-state index contributed by atoms with van der Waals surface area (Å²) in [7, 11) is 1.40. The second-order valence-electron chi connectivity index (χ2n) is 8.14. The number of hydrogen-bond donors (Lipinski definition) is 3. The van der Waals surface area contributed by atoms with E-state index in [0.29, 0.717) is 22.3 Å². The lowest BCUT2D eigenvalue weighted by atomic mass is 9.85. The summed E-state index contributed by atoms with van der Waals surface area (Å²) in [5, 5.41) is 24.8. The molecule has 0 aliphatic heterocycles. The number of fused-ring (bicyclic) bond motifs is 1. The standard InChI is InChI=1S/C27H22N2O6/c1-15-22(26(32)29(28-15)17-8-4-3-5-9-17)23(16-12-13-19(30)21(14-16)34-2)24-25(31)18-10-6-7-11-20(18)35-27(24)33/h3-14,23,28,30-31H,1-2H3. The predicted octanol–water partition coefficient (Wildman–Crippen LogP) is 4.18. The summed E-state index contributed by atoms with van der Waals surface area (Å²) in [6, 6.07) is 20.2. The van der Waals surface area contributed by atoms with Crippen LogP contribution in [0.25, 0.3) is 16.7 Å². The van der Waals surface area contributed by atoms with E-state index in [9.17, 15) is 19.8 Å². The van der Waals surface area contributed by atoms with Gasteiger partial charge in [0.15, 0.2) is 11.5 Å². The second-order valence-corrected chi connectivity index (χ2v) is 8.14. The zero-order chi connectivity index (χ0) is 24.7. The summed E-state index contributed by atoms with van der Waals surface area (Å²) in [5.41, 5.74) is 0.800. The first-order valence-corrected chi connectivity index (χ1v) is 10.9. The molecule has 35 heavy (non-hydrogen) atoms. The van der Waals surface area contributed by atoms with Crippen LogP contribution in [0.2, 0.25) is 0 Å². The fraction of sp³-hybridized carbons (Fsp3) is 0.111. The molecule has 8 heteroatoms. The number of nitrogens with zero attached hydrogens (tertiary/aromatic N) is 1. The van der Waals surface area contributed by atoms with E-state index < -0.39 is 17.1 Å². The fourth-order valence-electron chi connectivity index (χ4n) is 4.41. The maximum Gasteiger partial charge on any atom is 0.344 e. The van der Waals surface area contributed by atoms with Crippen LogP contribution < -0.4 is 15.9 Å². The molecule has 0 bridgehead atoms. The summed E-state index contributed by atoms with van der Waals surface area (Å²) >= 11 is 0. The third kappa shape index (κ3) is 3.65. The highest BCUT2D eigenvalue weighted by molar-refractivity contribution is 5.84. The molecule has 3 N–H and O–H groups in total. The van der Waals surface area contributed by atoms with Crippen LogP contribution in [0, 0.1) is 6.92 Å². The van der Waals surface area contributed by atoms with E-state index >= 15 is 0 Å². The number of aryl methyl sites for hydroxylation is 1. The zero-order valence-corrected chi connectivity index (χ0v) is 19.0. The molecule has 0 radical (unpaired) electrons. The SMILES string of the molecule is COc1cc(C(c2c(O)c3ccccc3oc2=O)c2c(C)[nH]n(-c3ccccc3)c2=O)ccc1O. The number of nitrogens with one attached hydrogen (secondary N) is 1. The van der Waals surface area contributed by atoms with Crippen LogP contribution in [0.4, 0.5) is 0 Å². The highest BCUT2D eigenvalue weighted by atomic mass is 16.5. The largest absolute Gasteiger partial charge is 0.507 e. The average Bonchev–Trinajstić information content (AvgIpc) is 3.16. The van der Waals surface area contributed by atoms with Crippen molar-refractivity contribution in [2.24, 2.45) is 0 Å².